The van der Waals surface area contributed by atoms with Crippen LogP contribution in [0.15, 0.2) is 60.3 Å². The third-order valence-electron chi connectivity index (χ3n) is 3.09. The second-order valence-corrected chi connectivity index (χ2v) is 5.03. The number of hydrogen-bond acceptors (Lipinski definition) is 1. The van der Waals surface area contributed by atoms with Crippen molar-refractivity contribution in [1.82, 2.24) is 0 Å². The number of terminal acetylenes is 1. The summed E-state index contributed by atoms with van der Waals surface area (Å²) in [6.07, 6.45) is 25.0. The van der Waals surface area contributed by atoms with Crippen LogP contribution in [0.1, 0.15) is 52.4 Å². The first-order chi connectivity index (χ1) is 10.7. The van der Waals surface area contributed by atoms with Gasteiger partial charge in [0, 0.05) is 12.0 Å². The van der Waals surface area contributed by atoms with Gasteiger partial charge in [0.15, 0.2) is 5.78 Å². The van der Waals surface area contributed by atoms with Crippen LogP contribution in [0.25, 0.3) is 0 Å². The maximum Gasteiger partial charge on any atom is 0.159 e. The summed E-state index contributed by atoms with van der Waals surface area (Å²) in [6.45, 7) is 7.45. The van der Waals surface area contributed by atoms with Crippen LogP contribution in [-0.2, 0) is 4.79 Å². The standard InChI is InChI=1S/C21H28O/c1-5-8-14-20(15-9-6-2)16-12-11-13-18-21(19(4)22)17-10-7-3/h3,5,9,13-15,17-18H,1,6,8,10-12,16H2,2,4H3/b15-9-,18-13-,20-14+,21-17+. The van der Waals surface area contributed by atoms with E-state index in [1.807, 2.05) is 12.2 Å². The average molecular weight is 296 g/mol. The van der Waals surface area contributed by atoms with Crippen molar-refractivity contribution in [2.45, 2.75) is 52.4 Å². The first-order valence-electron chi connectivity index (χ1n) is 7.93. The largest absolute Gasteiger partial charge is 0.295 e. The molecule has 0 aromatic heterocycles. The van der Waals surface area contributed by atoms with E-state index in [9.17, 15) is 4.79 Å². The van der Waals surface area contributed by atoms with Crippen LogP contribution in [0.3, 0.4) is 0 Å². The molecule has 118 valence electrons. The summed E-state index contributed by atoms with van der Waals surface area (Å²) in [5.41, 5.74) is 2.05. The summed E-state index contributed by atoms with van der Waals surface area (Å²) in [5.74, 6) is 2.58. The van der Waals surface area contributed by atoms with Gasteiger partial charge in [-0.3, -0.25) is 4.79 Å². The van der Waals surface area contributed by atoms with Gasteiger partial charge < -0.3 is 0 Å². The molecule has 0 N–H and O–H groups in total. The second-order valence-electron chi connectivity index (χ2n) is 5.03. The molecule has 0 rings (SSSR count). The number of unbranched alkanes of at least 4 members (excludes halogenated alkanes) is 1. The van der Waals surface area contributed by atoms with Crippen LogP contribution in [0.4, 0.5) is 0 Å². The summed E-state index contributed by atoms with van der Waals surface area (Å²) in [6, 6.07) is 0. The third-order valence-corrected chi connectivity index (χ3v) is 3.09. The van der Waals surface area contributed by atoms with E-state index in [0.29, 0.717) is 12.0 Å². The Balaban J connectivity index is 4.40. The fourth-order valence-corrected chi connectivity index (χ4v) is 1.89. The maximum absolute atomic E-state index is 11.4. The van der Waals surface area contributed by atoms with Gasteiger partial charge in [-0.15, -0.1) is 18.9 Å². The molecule has 0 bridgehead atoms. The SMILES string of the molecule is C#CC/C=C(\C=C/CCCC(/C=C\CC)=C/CC=C)C(C)=O. The number of rotatable bonds is 11. The summed E-state index contributed by atoms with van der Waals surface area (Å²) in [4.78, 5) is 11.4. The highest BCUT2D eigenvalue weighted by atomic mass is 16.1. The Morgan fingerprint density at radius 1 is 1.23 bits per heavy atom. The maximum atomic E-state index is 11.4. The zero-order chi connectivity index (χ0) is 16.6. The van der Waals surface area contributed by atoms with Crippen LogP contribution < -0.4 is 0 Å². The van der Waals surface area contributed by atoms with E-state index in [1.54, 1.807) is 13.0 Å². The molecular weight excluding hydrogens is 268 g/mol. The minimum atomic E-state index is 0.0592. The molecule has 0 aliphatic rings. The Morgan fingerprint density at radius 3 is 2.59 bits per heavy atom. The lowest BCUT2D eigenvalue weighted by molar-refractivity contribution is -0.113. The number of Topliss-reactive ketones (excluding diaryl/α,β-unsaturated/α-hetero) is 1. The van der Waals surface area contributed by atoms with Crippen molar-refractivity contribution in [2.75, 3.05) is 0 Å². The normalized spacial score (nSPS) is 12.8. The molecule has 0 fully saturated rings. The van der Waals surface area contributed by atoms with Gasteiger partial charge >= 0.3 is 0 Å². The van der Waals surface area contributed by atoms with Gasteiger partial charge in [0.1, 0.15) is 0 Å². The summed E-state index contributed by atoms with van der Waals surface area (Å²) < 4.78 is 0. The molecule has 0 atom stereocenters. The molecule has 0 heterocycles. The van der Waals surface area contributed by atoms with Crippen molar-refractivity contribution in [2.24, 2.45) is 0 Å². The first-order valence-corrected chi connectivity index (χ1v) is 7.93. The number of allylic oxidation sites excluding steroid dienone is 9. The van der Waals surface area contributed by atoms with Gasteiger partial charge in [-0.1, -0.05) is 55.0 Å². The monoisotopic (exact) mass is 296 g/mol. The van der Waals surface area contributed by atoms with E-state index in [4.69, 9.17) is 6.42 Å². The Morgan fingerprint density at radius 2 is 2.00 bits per heavy atom. The van der Waals surface area contributed by atoms with Gasteiger partial charge in [-0.25, -0.2) is 0 Å². The van der Waals surface area contributed by atoms with Crippen molar-refractivity contribution in [3.8, 4) is 12.3 Å². The minimum absolute atomic E-state index is 0.0592. The molecular formula is C21H28O. The molecule has 0 aliphatic carbocycles. The molecule has 0 aromatic carbocycles. The van der Waals surface area contributed by atoms with Crippen molar-refractivity contribution in [1.29, 1.82) is 0 Å². The zero-order valence-corrected chi connectivity index (χ0v) is 14.0. The quantitative estimate of drug-likeness (QED) is 0.157. The van der Waals surface area contributed by atoms with Crippen molar-refractivity contribution in [3.05, 3.63) is 60.3 Å². The van der Waals surface area contributed by atoms with Gasteiger partial charge in [-0.2, -0.15) is 0 Å². The van der Waals surface area contributed by atoms with E-state index in [-0.39, 0.29) is 5.78 Å². The highest BCUT2D eigenvalue weighted by molar-refractivity contribution is 5.95. The van der Waals surface area contributed by atoms with E-state index < -0.39 is 0 Å². The first kappa shape index (κ1) is 19.9. The zero-order valence-electron chi connectivity index (χ0n) is 14.0. The Hall–Kier alpha value is -2.07. The molecule has 0 spiro atoms. The molecule has 0 amide bonds. The highest BCUT2D eigenvalue weighted by Crippen LogP contribution is 2.12. The fraction of sp³-hybridized carbons (Fsp3) is 0.381. The number of hydrogen-bond donors (Lipinski definition) is 0. The molecule has 0 aromatic rings. The van der Waals surface area contributed by atoms with Crippen LogP contribution in [0.2, 0.25) is 0 Å². The lowest BCUT2D eigenvalue weighted by Gasteiger charge is -2.01. The summed E-state index contributed by atoms with van der Waals surface area (Å²) >= 11 is 0. The minimum Gasteiger partial charge on any atom is -0.295 e. The number of carbonyl (C=O) groups is 1. The summed E-state index contributed by atoms with van der Waals surface area (Å²) in [7, 11) is 0. The van der Waals surface area contributed by atoms with Crippen LogP contribution in [-0.4, -0.2) is 5.78 Å². The van der Waals surface area contributed by atoms with E-state index >= 15 is 0 Å². The third kappa shape index (κ3) is 10.7. The van der Waals surface area contributed by atoms with Crippen molar-refractivity contribution >= 4 is 5.78 Å². The Labute approximate surface area is 136 Å². The fourth-order valence-electron chi connectivity index (χ4n) is 1.89. The molecule has 0 saturated carbocycles. The van der Waals surface area contributed by atoms with Gasteiger partial charge in [-0.05, 0) is 39.0 Å². The van der Waals surface area contributed by atoms with Gasteiger partial charge in [0.25, 0.3) is 0 Å². The molecule has 1 heteroatoms. The van der Waals surface area contributed by atoms with Crippen molar-refractivity contribution in [3.63, 3.8) is 0 Å². The van der Waals surface area contributed by atoms with E-state index in [0.717, 1.165) is 32.1 Å². The van der Waals surface area contributed by atoms with Crippen LogP contribution in [0.5, 0.6) is 0 Å². The lowest BCUT2D eigenvalue weighted by atomic mass is 10.0. The van der Waals surface area contributed by atoms with Crippen LogP contribution >= 0.6 is 0 Å². The average Bonchev–Trinajstić information content (AvgIpc) is 2.51. The lowest BCUT2D eigenvalue weighted by Crippen LogP contribution is -1.92. The molecule has 0 radical (unpaired) electrons. The molecule has 0 saturated heterocycles. The highest BCUT2D eigenvalue weighted by Gasteiger charge is 1.98. The molecule has 0 unspecified atom stereocenters. The van der Waals surface area contributed by atoms with Crippen LogP contribution in [0, 0.1) is 12.3 Å². The number of carbonyl (C=O) groups excluding carboxylic acids is 1. The molecule has 1 nitrogen and oxygen atoms in total. The van der Waals surface area contributed by atoms with Gasteiger partial charge in [0.2, 0.25) is 0 Å². The predicted molar refractivity (Wildman–Crippen MR) is 97.5 cm³/mol. The van der Waals surface area contributed by atoms with Crippen molar-refractivity contribution < 1.29 is 4.79 Å². The van der Waals surface area contributed by atoms with Gasteiger partial charge in [0.05, 0.1) is 0 Å². The topological polar surface area (TPSA) is 17.1 Å². The van der Waals surface area contributed by atoms with E-state index in [1.165, 1.54) is 5.57 Å². The summed E-state index contributed by atoms with van der Waals surface area (Å²) in [5, 5.41) is 0. The van der Waals surface area contributed by atoms with E-state index in [2.05, 4.69) is 43.7 Å². The predicted octanol–water partition coefficient (Wildman–Crippen LogP) is 5.72. The Bertz CT molecular complexity index is 492. The molecule has 0 aliphatic heterocycles. The number of ketones is 1. The smallest absolute Gasteiger partial charge is 0.159 e. The molecule has 22 heavy (non-hydrogen) atoms. The Kier molecular flexibility index (Phi) is 12.6. The second kappa shape index (κ2) is 13.9.